The fourth-order valence-electron chi connectivity index (χ4n) is 0.981. The summed E-state index contributed by atoms with van der Waals surface area (Å²) < 4.78 is 0. The number of hydrogen-bond acceptors (Lipinski definition) is 3. The number of benzene rings is 1. The molecular weight excluding hydrogens is 283 g/mol. The molecule has 0 aromatic heterocycles. The highest BCUT2D eigenvalue weighted by molar-refractivity contribution is 6.33. The van der Waals surface area contributed by atoms with Gasteiger partial charge < -0.3 is 17.2 Å². The molecule has 0 unspecified atom stereocenters. The van der Waals surface area contributed by atoms with E-state index >= 15 is 0 Å². The van der Waals surface area contributed by atoms with E-state index in [0.717, 1.165) is 6.07 Å². The number of non-ortho nitro benzene ring substituents is 1. The predicted molar refractivity (Wildman–Crippen MR) is 72.4 cm³/mol. The minimum atomic E-state index is -0.571. The smallest absolute Gasteiger partial charge is 0.271 e. The maximum absolute atomic E-state index is 10.5. The highest BCUT2D eigenvalue weighted by Crippen LogP contribution is 2.28. The Labute approximate surface area is 113 Å². The third kappa shape index (κ3) is 4.44. The largest absolute Gasteiger partial charge is 0.370 e. The molecule has 0 saturated carbocycles. The lowest BCUT2D eigenvalue weighted by molar-refractivity contribution is -0.384. The molecule has 0 spiro atoms. The molecule has 1 rings (SSSR count). The van der Waals surface area contributed by atoms with Gasteiger partial charge >= 0.3 is 0 Å². The number of nitrogens with two attached hydrogens (primary N) is 3. The van der Waals surface area contributed by atoms with Crippen LogP contribution >= 0.6 is 24.0 Å². The minimum absolute atomic E-state index is 0. The molecule has 0 bridgehead atoms. The Morgan fingerprint density at radius 1 is 1.33 bits per heavy atom. The van der Waals surface area contributed by atoms with Crippen molar-refractivity contribution in [2.75, 3.05) is 0 Å². The van der Waals surface area contributed by atoms with Crippen molar-refractivity contribution in [2.24, 2.45) is 27.2 Å². The molecule has 0 amide bonds. The average molecular weight is 293 g/mol. The molecular formula is C8H10Cl2N6O2. The van der Waals surface area contributed by atoms with E-state index in [-0.39, 0.29) is 40.7 Å². The van der Waals surface area contributed by atoms with Gasteiger partial charge in [-0.1, -0.05) is 11.6 Å². The van der Waals surface area contributed by atoms with Crippen molar-refractivity contribution < 1.29 is 4.92 Å². The molecule has 18 heavy (non-hydrogen) atoms. The van der Waals surface area contributed by atoms with Crippen molar-refractivity contribution in [1.29, 1.82) is 0 Å². The van der Waals surface area contributed by atoms with Gasteiger partial charge in [-0.05, 0) is 6.07 Å². The second kappa shape index (κ2) is 6.62. The van der Waals surface area contributed by atoms with Gasteiger partial charge in [0.15, 0.2) is 5.96 Å². The van der Waals surface area contributed by atoms with Crippen LogP contribution in [0.15, 0.2) is 28.2 Å². The second-order valence-electron chi connectivity index (χ2n) is 2.90. The summed E-state index contributed by atoms with van der Waals surface area (Å²) in [4.78, 5) is 17.2. The highest BCUT2D eigenvalue weighted by Gasteiger charge is 2.09. The first-order valence-corrected chi connectivity index (χ1v) is 4.65. The van der Waals surface area contributed by atoms with Gasteiger partial charge in [0, 0.05) is 12.1 Å². The Bertz CT molecular complexity index is 512. The summed E-state index contributed by atoms with van der Waals surface area (Å²) in [5.74, 6) is -0.440. The van der Waals surface area contributed by atoms with Crippen molar-refractivity contribution in [3.05, 3.63) is 33.3 Å². The lowest BCUT2D eigenvalue weighted by Gasteiger charge is -1.99. The predicted octanol–water partition coefficient (Wildman–Crippen LogP) is 0.890. The summed E-state index contributed by atoms with van der Waals surface area (Å²) in [5.41, 5.74) is 15.7. The number of rotatable bonds is 2. The van der Waals surface area contributed by atoms with Crippen LogP contribution in [0.1, 0.15) is 0 Å². The molecule has 1 aromatic carbocycles. The SMILES string of the molecule is Cl.NC(N)=NC(N)=Nc1ccc([N+](=O)[O-])cc1Cl. The monoisotopic (exact) mass is 292 g/mol. The van der Waals surface area contributed by atoms with Gasteiger partial charge in [0.2, 0.25) is 5.96 Å². The van der Waals surface area contributed by atoms with Crippen molar-refractivity contribution in [2.45, 2.75) is 0 Å². The maximum atomic E-state index is 10.5. The maximum Gasteiger partial charge on any atom is 0.271 e. The summed E-state index contributed by atoms with van der Waals surface area (Å²) in [6.07, 6.45) is 0. The van der Waals surface area contributed by atoms with Gasteiger partial charge in [0.05, 0.1) is 15.6 Å². The molecule has 0 atom stereocenters. The van der Waals surface area contributed by atoms with Crippen LogP contribution in [0.3, 0.4) is 0 Å². The zero-order chi connectivity index (χ0) is 13.0. The molecule has 6 N–H and O–H groups in total. The molecule has 8 nitrogen and oxygen atoms in total. The third-order valence-corrected chi connectivity index (χ3v) is 1.92. The third-order valence-electron chi connectivity index (χ3n) is 1.62. The number of hydrogen-bond donors (Lipinski definition) is 3. The summed E-state index contributed by atoms with van der Waals surface area (Å²) in [6.45, 7) is 0. The van der Waals surface area contributed by atoms with Gasteiger partial charge in [-0.25, -0.2) is 4.99 Å². The molecule has 0 fully saturated rings. The lowest BCUT2D eigenvalue weighted by atomic mass is 10.3. The van der Waals surface area contributed by atoms with Crippen LogP contribution in [0.4, 0.5) is 11.4 Å². The van der Waals surface area contributed by atoms with Crippen LogP contribution in [-0.2, 0) is 0 Å². The van der Waals surface area contributed by atoms with Crippen molar-refractivity contribution in [1.82, 2.24) is 0 Å². The van der Waals surface area contributed by atoms with Gasteiger partial charge in [-0.2, -0.15) is 4.99 Å². The van der Waals surface area contributed by atoms with E-state index in [4.69, 9.17) is 28.8 Å². The van der Waals surface area contributed by atoms with Crippen molar-refractivity contribution in [3.8, 4) is 0 Å². The number of nitrogens with zero attached hydrogens (tertiary/aromatic N) is 3. The van der Waals surface area contributed by atoms with Gasteiger partial charge in [-0.3, -0.25) is 10.1 Å². The molecule has 0 heterocycles. The van der Waals surface area contributed by atoms with Crippen molar-refractivity contribution in [3.63, 3.8) is 0 Å². The molecule has 0 radical (unpaired) electrons. The Kier molecular flexibility index (Phi) is 5.86. The number of aliphatic imine (C=N–C) groups is 2. The minimum Gasteiger partial charge on any atom is -0.370 e. The average Bonchev–Trinajstić information content (AvgIpc) is 2.19. The molecule has 0 aliphatic carbocycles. The molecule has 98 valence electrons. The molecule has 10 heteroatoms. The van der Waals surface area contributed by atoms with Crippen LogP contribution in [0, 0.1) is 10.1 Å². The van der Waals surface area contributed by atoms with Crippen LogP contribution < -0.4 is 17.2 Å². The van der Waals surface area contributed by atoms with Crippen LogP contribution in [0.5, 0.6) is 0 Å². The number of guanidine groups is 2. The fourth-order valence-corrected chi connectivity index (χ4v) is 1.20. The summed E-state index contributed by atoms with van der Waals surface area (Å²) in [5, 5.41) is 10.5. The van der Waals surface area contributed by atoms with E-state index in [1.165, 1.54) is 12.1 Å². The van der Waals surface area contributed by atoms with E-state index < -0.39 is 4.92 Å². The van der Waals surface area contributed by atoms with Crippen LogP contribution in [0.2, 0.25) is 5.02 Å². The Balaban J connectivity index is 0.00000289. The first kappa shape index (κ1) is 15.9. The number of halogens is 2. The topological polar surface area (TPSA) is 146 Å². The molecule has 0 aliphatic rings. The summed E-state index contributed by atoms with van der Waals surface area (Å²) in [6, 6.07) is 3.74. The first-order chi connectivity index (χ1) is 7.90. The van der Waals surface area contributed by atoms with Gasteiger partial charge in [-0.15, -0.1) is 12.4 Å². The van der Waals surface area contributed by atoms with Gasteiger partial charge in [0.25, 0.3) is 5.69 Å². The molecule has 0 saturated heterocycles. The van der Waals surface area contributed by atoms with Crippen LogP contribution in [0.25, 0.3) is 0 Å². The van der Waals surface area contributed by atoms with E-state index in [2.05, 4.69) is 9.98 Å². The highest BCUT2D eigenvalue weighted by atomic mass is 35.5. The van der Waals surface area contributed by atoms with E-state index in [9.17, 15) is 10.1 Å². The standard InChI is InChI=1S/C8H9ClN6O2.ClH/c9-5-3-4(15(16)17)1-2-6(5)13-8(12)14-7(10)11;/h1-3H,(H6,10,11,12,13,14);1H. The molecule has 1 aromatic rings. The Morgan fingerprint density at radius 2 is 1.94 bits per heavy atom. The van der Waals surface area contributed by atoms with E-state index in [0.29, 0.717) is 0 Å². The summed E-state index contributed by atoms with van der Waals surface area (Å²) >= 11 is 5.78. The van der Waals surface area contributed by atoms with Crippen molar-refractivity contribution >= 4 is 47.3 Å². The number of nitro benzene ring substituents is 1. The van der Waals surface area contributed by atoms with E-state index in [1.807, 2.05) is 0 Å². The summed E-state index contributed by atoms with van der Waals surface area (Å²) in [7, 11) is 0. The quantitative estimate of drug-likeness (QED) is 0.320. The van der Waals surface area contributed by atoms with Crippen LogP contribution in [-0.4, -0.2) is 16.8 Å². The second-order valence-corrected chi connectivity index (χ2v) is 3.31. The van der Waals surface area contributed by atoms with Gasteiger partial charge in [0.1, 0.15) is 0 Å². The first-order valence-electron chi connectivity index (χ1n) is 4.28. The Hall–Kier alpha value is -2.06. The number of nitro groups is 1. The molecule has 0 aliphatic heterocycles. The lowest BCUT2D eigenvalue weighted by Crippen LogP contribution is -2.26. The zero-order valence-corrected chi connectivity index (χ0v) is 10.5. The Morgan fingerprint density at radius 3 is 2.39 bits per heavy atom. The zero-order valence-electron chi connectivity index (χ0n) is 8.91. The normalized spacial score (nSPS) is 10.4. The fraction of sp³-hybridized carbons (Fsp3) is 0. The van der Waals surface area contributed by atoms with E-state index in [1.54, 1.807) is 0 Å².